The fourth-order valence-electron chi connectivity index (χ4n) is 1.51. The molecule has 0 bridgehead atoms. The topological polar surface area (TPSA) is 110 Å². The molecule has 1 aromatic rings. The lowest BCUT2D eigenvalue weighted by Gasteiger charge is -2.19. The highest BCUT2D eigenvalue weighted by Gasteiger charge is 2.16. The Morgan fingerprint density at radius 3 is 2.58 bits per heavy atom. The number of aromatic hydroxyl groups is 1. The molecule has 0 aliphatic carbocycles. The smallest absolute Gasteiger partial charge is 0.339 e. The van der Waals surface area contributed by atoms with Gasteiger partial charge in [0.25, 0.3) is 0 Å². The van der Waals surface area contributed by atoms with Crippen molar-refractivity contribution in [1.29, 1.82) is 0 Å². The molecule has 19 heavy (non-hydrogen) atoms. The number of aromatic carboxylic acids is 1. The number of hydrogen-bond donors (Lipinski definition) is 4. The van der Waals surface area contributed by atoms with Crippen molar-refractivity contribution in [2.24, 2.45) is 0 Å². The summed E-state index contributed by atoms with van der Waals surface area (Å²) in [6.07, 6.45) is -0.685. The first-order valence-corrected chi connectivity index (χ1v) is 5.58. The zero-order valence-corrected chi connectivity index (χ0v) is 10.6. The second-order valence-corrected chi connectivity index (χ2v) is 4.17. The summed E-state index contributed by atoms with van der Waals surface area (Å²) in [5.41, 5.74) is -0.293. The second kappa shape index (κ2) is 6.05. The molecule has 0 spiro atoms. The number of carboxylic acid groups (broad SMARTS) is 1. The molecule has 1 atom stereocenters. The lowest BCUT2D eigenvalue weighted by atomic mass is 10.1. The van der Waals surface area contributed by atoms with Crippen LogP contribution in [0, 0.1) is 0 Å². The van der Waals surface area contributed by atoms with Crippen LogP contribution in [0.15, 0.2) is 18.2 Å². The van der Waals surface area contributed by atoms with Crippen molar-refractivity contribution in [3.05, 3.63) is 23.8 Å². The average Bonchev–Trinajstić information content (AvgIpc) is 2.30. The molecule has 4 N–H and O–H groups in total. The lowest BCUT2D eigenvalue weighted by molar-refractivity contribution is 0.0693. The summed E-state index contributed by atoms with van der Waals surface area (Å²) >= 11 is 0. The fraction of sp³-hybridized carbons (Fsp3) is 0.333. The molecule has 0 heterocycles. The summed E-state index contributed by atoms with van der Waals surface area (Å²) in [5, 5.41) is 30.1. The highest BCUT2D eigenvalue weighted by molar-refractivity contribution is 5.97. The SMILES string of the molecule is CC(O)CN(C)C(=O)Nc1cccc(C(=O)O)c1O. The zero-order chi connectivity index (χ0) is 14.6. The summed E-state index contributed by atoms with van der Waals surface area (Å²) in [5.74, 6) is -1.79. The summed E-state index contributed by atoms with van der Waals surface area (Å²) in [7, 11) is 1.47. The average molecular weight is 268 g/mol. The van der Waals surface area contributed by atoms with Crippen molar-refractivity contribution < 1.29 is 24.9 Å². The van der Waals surface area contributed by atoms with E-state index in [-0.39, 0.29) is 17.8 Å². The molecule has 0 saturated heterocycles. The first kappa shape index (κ1) is 14.8. The van der Waals surface area contributed by atoms with Gasteiger partial charge in [-0.2, -0.15) is 0 Å². The number of phenols is 1. The van der Waals surface area contributed by atoms with Crippen LogP contribution in [-0.4, -0.2) is 51.9 Å². The van der Waals surface area contributed by atoms with E-state index >= 15 is 0 Å². The number of nitrogens with one attached hydrogen (secondary N) is 1. The monoisotopic (exact) mass is 268 g/mol. The van der Waals surface area contributed by atoms with E-state index in [2.05, 4.69) is 5.32 Å². The van der Waals surface area contributed by atoms with Crippen LogP contribution in [0.5, 0.6) is 5.75 Å². The summed E-state index contributed by atoms with van der Waals surface area (Å²) < 4.78 is 0. The largest absolute Gasteiger partial charge is 0.505 e. The van der Waals surface area contributed by atoms with Gasteiger partial charge in [-0.15, -0.1) is 0 Å². The van der Waals surface area contributed by atoms with Crippen molar-refractivity contribution in [2.45, 2.75) is 13.0 Å². The van der Waals surface area contributed by atoms with Gasteiger partial charge >= 0.3 is 12.0 Å². The lowest BCUT2D eigenvalue weighted by Crippen LogP contribution is -2.36. The van der Waals surface area contributed by atoms with Crippen LogP contribution >= 0.6 is 0 Å². The number of benzene rings is 1. The number of amides is 2. The third kappa shape index (κ3) is 3.85. The Balaban J connectivity index is 2.86. The van der Waals surface area contributed by atoms with Gasteiger partial charge in [0, 0.05) is 13.6 Å². The van der Waals surface area contributed by atoms with Crippen molar-refractivity contribution in [3.63, 3.8) is 0 Å². The maximum atomic E-state index is 11.7. The van der Waals surface area contributed by atoms with Gasteiger partial charge in [-0.05, 0) is 19.1 Å². The highest BCUT2D eigenvalue weighted by atomic mass is 16.4. The molecule has 0 aliphatic heterocycles. The van der Waals surface area contributed by atoms with Crippen LogP contribution in [0.2, 0.25) is 0 Å². The minimum absolute atomic E-state index is 0.00217. The van der Waals surface area contributed by atoms with Crippen LogP contribution in [-0.2, 0) is 0 Å². The molecule has 0 fully saturated rings. The van der Waals surface area contributed by atoms with E-state index in [9.17, 15) is 14.7 Å². The first-order chi connectivity index (χ1) is 8.82. The van der Waals surface area contributed by atoms with Gasteiger partial charge in [0.15, 0.2) is 5.75 Å². The van der Waals surface area contributed by atoms with Crippen LogP contribution < -0.4 is 5.32 Å². The minimum atomic E-state index is -1.29. The molecule has 1 aromatic carbocycles. The van der Waals surface area contributed by atoms with Gasteiger partial charge < -0.3 is 25.5 Å². The van der Waals surface area contributed by atoms with E-state index in [0.717, 1.165) is 0 Å². The third-order valence-corrected chi connectivity index (χ3v) is 2.39. The Morgan fingerprint density at radius 1 is 1.42 bits per heavy atom. The van der Waals surface area contributed by atoms with Gasteiger partial charge in [-0.3, -0.25) is 0 Å². The predicted molar refractivity (Wildman–Crippen MR) is 68.4 cm³/mol. The van der Waals surface area contributed by atoms with E-state index in [0.29, 0.717) is 0 Å². The van der Waals surface area contributed by atoms with Gasteiger partial charge in [0.2, 0.25) is 0 Å². The van der Waals surface area contributed by atoms with E-state index in [1.54, 1.807) is 0 Å². The molecular formula is C12H16N2O5. The standard InChI is InChI=1S/C12H16N2O5/c1-7(15)6-14(2)12(19)13-9-5-3-4-8(10(9)16)11(17)18/h3-5,7,15-16H,6H2,1-2H3,(H,13,19)(H,17,18). The third-order valence-electron chi connectivity index (χ3n) is 2.39. The normalized spacial score (nSPS) is 11.7. The van der Waals surface area contributed by atoms with Crippen LogP contribution in [0.1, 0.15) is 17.3 Å². The van der Waals surface area contributed by atoms with Crippen molar-refractivity contribution in [2.75, 3.05) is 18.9 Å². The van der Waals surface area contributed by atoms with Gasteiger partial charge in [-0.25, -0.2) is 9.59 Å². The molecule has 1 unspecified atom stereocenters. The molecule has 104 valence electrons. The number of likely N-dealkylation sites (N-methyl/N-ethyl adjacent to an activating group) is 1. The maximum Gasteiger partial charge on any atom is 0.339 e. The quantitative estimate of drug-likeness (QED) is 0.607. The first-order valence-electron chi connectivity index (χ1n) is 5.58. The Kier molecular flexibility index (Phi) is 4.71. The molecule has 0 aromatic heterocycles. The number of nitrogens with zero attached hydrogens (tertiary/aromatic N) is 1. The Bertz CT molecular complexity index is 487. The predicted octanol–water partition coefficient (Wildman–Crippen LogP) is 0.935. The molecule has 0 aliphatic rings. The van der Waals surface area contributed by atoms with Crippen LogP contribution in [0.4, 0.5) is 10.5 Å². The number of urea groups is 1. The number of aliphatic hydroxyl groups excluding tert-OH is 1. The number of anilines is 1. The number of para-hydroxylation sites is 1. The van der Waals surface area contributed by atoms with Crippen molar-refractivity contribution in [3.8, 4) is 5.75 Å². The number of aliphatic hydroxyl groups is 1. The molecule has 2 amide bonds. The van der Waals surface area contributed by atoms with Gasteiger partial charge in [0.1, 0.15) is 5.56 Å². The molecule has 0 saturated carbocycles. The summed E-state index contributed by atoms with van der Waals surface area (Å²) in [6, 6.07) is 3.47. The zero-order valence-electron chi connectivity index (χ0n) is 10.6. The highest BCUT2D eigenvalue weighted by Crippen LogP contribution is 2.27. The number of hydrogen-bond acceptors (Lipinski definition) is 4. The molecule has 7 nitrogen and oxygen atoms in total. The van der Waals surface area contributed by atoms with Crippen molar-refractivity contribution in [1.82, 2.24) is 4.90 Å². The second-order valence-electron chi connectivity index (χ2n) is 4.17. The van der Waals surface area contributed by atoms with E-state index in [4.69, 9.17) is 10.2 Å². The van der Waals surface area contributed by atoms with Gasteiger partial charge in [-0.1, -0.05) is 6.07 Å². The number of rotatable bonds is 4. The molecule has 0 radical (unpaired) electrons. The summed E-state index contributed by atoms with van der Waals surface area (Å²) in [6.45, 7) is 1.65. The molecular weight excluding hydrogens is 252 g/mol. The van der Waals surface area contributed by atoms with Crippen LogP contribution in [0.25, 0.3) is 0 Å². The number of carbonyl (C=O) groups is 2. The van der Waals surface area contributed by atoms with E-state index in [1.165, 1.54) is 37.1 Å². The minimum Gasteiger partial charge on any atom is -0.505 e. The summed E-state index contributed by atoms with van der Waals surface area (Å²) in [4.78, 5) is 23.8. The van der Waals surface area contributed by atoms with Crippen LogP contribution in [0.3, 0.4) is 0 Å². The fourth-order valence-corrected chi connectivity index (χ4v) is 1.51. The van der Waals surface area contributed by atoms with Gasteiger partial charge in [0.05, 0.1) is 11.8 Å². The van der Waals surface area contributed by atoms with Crippen molar-refractivity contribution >= 4 is 17.7 Å². The Morgan fingerprint density at radius 2 is 2.05 bits per heavy atom. The Hall–Kier alpha value is -2.28. The molecule has 1 rings (SSSR count). The van der Waals surface area contributed by atoms with E-state index in [1.807, 2.05) is 0 Å². The maximum absolute atomic E-state index is 11.7. The number of carboxylic acids is 1. The van der Waals surface area contributed by atoms with E-state index < -0.39 is 23.9 Å². The molecule has 7 heteroatoms. The Labute approximate surface area is 110 Å². The number of carbonyl (C=O) groups excluding carboxylic acids is 1.